The summed E-state index contributed by atoms with van der Waals surface area (Å²) in [4.78, 5) is 10.4. The fraction of sp³-hybridized carbons (Fsp3) is 0.800. The predicted octanol–water partition coefficient (Wildman–Crippen LogP) is 0.984. The van der Waals surface area contributed by atoms with Gasteiger partial charge in [-0.15, -0.1) is 0 Å². The third kappa shape index (κ3) is 5.53. The molecule has 0 aliphatic carbocycles. The number of carbonyl (C=O) groups excluding carboxylic acids is 1. The summed E-state index contributed by atoms with van der Waals surface area (Å²) in [5.74, 6) is 0. The summed E-state index contributed by atoms with van der Waals surface area (Å²) in [7, 11) is -2.71. The normalized spacial score (nSPS) is 11.8. The molecule has 0 aliphatic rings. The third-order valence-corrected chi connectivity index (χ3v) is 1.32. The van der Waals surface area contributed by atoms with Crippen molar-refractivity contribution in [2.24, 2.45) is 4.36 Å². The summed E-state index contributed by atoms with van der Waals surface area (Å²) in [6.45, 7) is 3.47. The first-order valence-corrected chi connectivity index (χ1v) is 4.11. The number of ether oxygens (including phenoxy) is 1. The van der Waals surface area contributed by atoms with Crippen LogP contribution in [-0.2, 0) is 15.2 Å². The van der Waals surface area contributed by atoms with Crippen LogP contribution in [0, 0.1) is 0 Å². The summed E-state index contributed by atoms with van der Waals surface area (Å²) < 4.78 is 26.8. The van der Waals surface area contributed by atoms with Crippen LogP contribution in [0.5, 0.6) is 0 Å². The second-order valence-corrected chi connectivity index (χ2v) is 2.53. The second kappa shape index (κ2) is 4.84. The molecule has 1 atom stereocenters. The van der Waals surface area contributed by atoms with Gasteiger partial charge in [-0.05, 0) is 13.3 Å². The SMILES string of the molecule is CCC(C)OC(=O)N=S(=O)=O. The zero-order valence-electron chi connectivity index (χ0n) is 6.27. The number of carbonyl (C=O) groups is 1. The smallest absolute Gasteiger partial charge is 0.444 e. The lowest BCUT2D eigenvalue weighted by Gasteiger charge is -2.05. The Balaban J connectivity index is 3.99. The topological polar surface area (TPSA) is 72.8 Å². The van der Waals surface area contributed by atoms with Gasteiger partial charge in [0.25, 0.3) is 0 Å². The Hall–Kier alpha value is -0.910. The first kappa shape index (κ1) is 10.1. The van der Waals surface area contributed by atoms with Gasteiger partial charge >= 0.3 is 16.6 Å². The van der Waals surface area contributed by atoms with Gasteiger partial charge in [0.1, 0.15) is 6.10 Å². The highest BCUT2D eigenvalue weighted by Crippen LogP contribution is 1.97. The lowest BCUT2D eigenvalue weighted by atomic mass is 10.3. The van der Waals surface area contributed by atoms with Gasteiger partial charge in [-0.1, -0.05) is 11.3 Å². The van der Waals surface area contributed by atoms with Crippen molar-refractivity contribution in [1.82, 2.24) is 0 Å². The molecule has 6 heteroatoms. The van der Waals surface area contributed by atoms with E-state index in [1.165, 1.54) is 0 Å². The highest BCUT2D eigenvalue weighted by Gasteiger charge is 2.05. The van der Waals surface area contributed by atoms with Crippen molar-refractivity contribution in [1.29, 1.82) is 0 Å². The summed E-state index contributed by atoms with van der Waals surface area (Å²) in [6, 6.07) is 0. The van der Waals surface area contributed by atoms with Crippen molar-refractivity contribution in [2.45, 2.75) is 26.4 Å². The van der Waals surface area contributed by atoms with Crippen LogP contribution < -0.4 is 0 Å². The molecule has 5 nitrogen and oxygen atoms in total. The van der Waals surface area contributed by atoms with Gasteiger partial charge in [0.15, 0.2) is 0 Å². The van der Waals surface area contributed by atoms with Gasteiger partial charge in [-0.25, -0.2) is 4.79 Å². The molecule has 0 saturated heterocycles. The molecule has 0 fully saturated rings. The van der Waals surface area contributed by atoms with Gasteiger partial charge < -0.3 is 4.74 Å². The van der Waals surface area contributed by atoms with E-state index in [4.69, 9.17) is 0 Å². The van der Waals surface area contributed by atoms with Gasteiger partial charge in [-0.3, -0.25) is 0 Å². The van der Waals surface area contributed by atoms with Crippen LogP contribution in [0.4, 0.5) is 4.79 Å². The summed E-state index contributed by atoms with van der Waals surface area (Å²) in [5, 5.41) is 0. The van der Waals surface area contributed by atoms with Crippen molar-refractivity contribution >= 4 is 16.6 Å². The van der Waals surface area contributed by atoms with Gasteiger partial charge in [0.05, 0.1) is 0 Å². The van der Waals surface area contributed by atoms with Crippen LogP contribution >= 0.6 is 0 Å². The Morgan fingerprint density at radius 2 is 2.18 bits per heavy atom. The van der Waals surface area contributed by atoms with Crippen LogP contribution in [0.1, 0.15) is 20.3 Å². The van der Waals surface area contributed by atoms with E-state index in [0.29, 0.717) is 6.42 Å². The molecule has 0 rings (SSSR count). The van der Waals surface area contributed by atoms with E-state index < -0.39 is 16.6 Å². The standard InChI is InChI=1S/C5H9NO4S/c1-3-4(2)10-5(7)6-11(8)9/h4H,3H2,1-2H3. The average Bonchev–Trinajstić information content (AvgIpc) is 1.85. The summed E-state index contributed by atoms with van der Waals surface area (Å²) >= 11 is 0. The molecule has 11 heavy (non-hydrogen) atoms. The van der Waals surface area contributed by atoms with Crippen molar-refractivity contribution in [3.63, 3.8) is 0 Å². The van der Waals surface area contributed by atoms with E-state index in [1.54, 1.807) is 6.92 Å². The summed E-state index contributed by atoms with van der Waals surface area (Å²) in [5.41, 5.74) is 0. The average molecular weight is 179 g/mol. The molecular weight excluding hydrogens is 170 g/mol. The maximum absolute atomic E-state index is 10.4. The minimum atomic E-state index is -2.71. The Bertz CT molecular complexity index is 248. The van der Waals surface area contributed by atoms with Crippen molar-refractivity contribution in [3.05, 3.63) is 0 Å². The molecule has 0 bridgehead atoms. The van der Waals surface area contributed by atoms with E-state index in [-0.39, 0.29) is 6.10 Å². The minimum Gasteiger partial charge on any atom is -0.444 e. The number of nitrogens with zero attached hydrogens (tertiary/aromatic N) is 1. The van der Waals surface area contributed by atoms with Crippen LogP contribution in [0.25, 0.3) is 0 Å². The molecule has 0 aromatic rings. The number of hydrogen-bond acceptors (Lipinski definition) is 4. The van der Waals surface area contributed by atoms with E-state index in [0.717, 1.165) is 0 Å². The van der Waals surface area contributed by atoms with Crippen LogP contribution in [0.15, 0.2) is 4.36 Å². The zero-order chi connectivity index (χ0) is 8.85. The van der Waals surface area contributed by atoms with Crippen LogP contribution in [-0.4, -0.2) is 20.6 Å². The molecule has 0 aromatic heterocycles. The van der Waals surface area contributed by atoms with Gasteiger partial charge in [-0.2, -0.15) is 8.42 Å². The highest BCUT2D eigenvalue weighted by molar-refractivity contribution is 7.62. The molecule has 1 amide bonds. The molecule has 0 radical (unpaired) electrons. The van der Waals surface area contributed by atoms with E-state index in [9.17, 15) is 13.2 Å². The molecule has 0 saturated carbocycles. The second-order valence-electron chi connectivity index (χ2n) is 1.91. The fourth-order valence-electron chi connectivity index (χ4n) is 0.338. The largest absolute Gasteiger partial charge is 0.448 e. The third-order valence-electron chi connectivity index (χ3n) is 1.03. The maximum Gasteiger partial charge on any atom is 0.448 e. The summed E-state index contributed by atoms with van der Waals surface area (Å²) in [6.07, 6.45) is -0.727. The van der Waals surface area contributed by atoms with Gasteiger partial charge in [0, 0.05) is 0 Å². The van der Waals surface area contributed by atoms with Crippen molar-refractivity contribution in [3.8, 4) is 0 Å². The van der Waals surface area contributed by atoms with E-state index in [1.807, 2.05) is 6.92 Å². The van der Waals surface area contributed by atoms with Gasteiger partial charge in [0.2, 0.25) is 0 Å². The Labute approximate surface area is 66.1 Å². The maximum atomic E-state index is 10.4. The molecule has 0 N–H and O–H groups in total. The molecule has 0 aliphatic heterocycles. The van der Waals surface area contributed by atoms with E-state index in [2.05, 4.69) is 9.10 Å². The Morgan fingerprint density at radius 3 is 2.55 bits per heavy atom. The first-order chi connectivity index (χ1) is 5.06. The minimum absolute atomic E-state index is 0.296. The molecule has 0 heterocycles. The quantitative estimate of drug-likeness (QED) is 0.633. The number of hydrogen-bond donors (Lipinski definition) is 0. The van der Waals surface area contributed by atoms with Crippen LogP contribution in [0.2, 0.25) is 0 Å². The Morgan fingerprint density at radius 1 is 1.64 bits per heavy atom. The lowest BCUT2D eigenvalue weighted by Crippen LogP contribution is -2.09. The van der Waals surface area contributed by atoms with Crippen molar-refractivity contribution in [2.75, 3.05) is 0 Å². The number of rotatable bonds is 2. The molecule has 1 unspecified atom stereocenters. The number of amides is 1. The predicted molar refractivity (Wildman–Crippen MR) is 37.6 cm³/mol. The van der Waals surface area contributed by atoms with E-state index >= 15 is 0 Å². The van der Waals surface area contributed by atoms with Crippen molar-refractivity contribution < 1.29 is 17.9 Å². The molecule has 0 aromatic carbocycles. The highest BCUT2D eigenvalue weighted by atomic mass is 32.2. The first-order valence-electron chi connectivity index (χ1n) is 3.08. The molecular formula is C5H9NO4S. The lowest BCUT2D eigenvalue weighted by molar-refractivity contribution is 0.115. The van der Waals surface area contributed by atoms with Crippen LogP contribution in [0.3, 0.4) is 0 Å². The molecule has 0 spiro atoms. The zero-order valence-corrected chi connectivity index (χ0v) is 7.09. The monoisotopic (exact) mass is 179 g/mol. The Kier molecular flexibility index (Phi) is 4.44. The fourth-order valence-corrected chi connectivity index (χ4v) is 0.503. The molecule has 64 valence electrons.